The van der Waals surface area contributed by atoms with Gasteiger partial charge in [-0.1, -0.05) is 0 Å². The summed E-state index contributed by atoms with van der Waals surface area (Å²) >= 11 is 1.53. The van der Waals surface area contributed by atoms with Crippen LogP contribution < -0.4 is 14.8 Å². The van der Waals surface area contributed by atoms with Crippen molar-refractivity contribution < 1.29 is 14.3 Å². The molecule has 1 fully saturated rings. The van der Waals surface area contributed by atoms with E-state index in [1.54, 1.807) is 30.8 Å². The predicted octanol–water partition coefficient (Wildman–Crippen LogP) is 2.80. The van der Waals surface area contributed by atoms with Crippen LogP contribution in [0, 0.1) is 5.92 Å². The first kappa shape index (κ1) is 18.7. The summed E-state index contributed by atoms with van der Waals surface area (Å²) in [5, 5.41) is 5.17. The van der Waals surface area contributed by atoms with Crippen molar-refractivity contribution in [2.45, 2.75) is 19.4 Å². The molecule has 1 aromatic carbocycles. The van der Waals surface area contributed by atoms with Crippen LogP contribution in [0.2, 0.25) is 0 Å². The second-order valence-electron chi connectivity index (χ2n) is 6.43. The normalized spacial score (nSPS) is 15.1. The van der Waals surface area contributed by atoms with Gasteiger partial charge in [-0.25, -0.2) is 4.98 Å². The average molecular weight is 375 g/mol. The molecule has 140 valence electrons. The van der Waals surface area contributed by atoms with Gasteiger partial charge in [0.2, 0.25) is 0 Å². The molecule has 6 nitrogen and oxygen atoms in total. The van der Waals surface area contributed by atoms with Crippen molar-refractivity contribution in [2.24, 2.45) is 5.92 Å². The standard InChI is InChI=1S/C19H25N3O3S/c1-20-10-14-5-7-22(8-6-14)19(23)15-3-4-17(18(9-15)24-2)25-11-16-12-26-13-21-16/h3-4,9,12-14,20H,5-8,10-11H2,1-2H3. The molecule has 0 aliphatic carbocycles. The third kappa shape index (κ3) is 4.53. The molecular formula is C19H25N3O3S. The smallest absolute Gasteiger partial charge is 0.253 e. The summed E-state index contributed by atoms with van der Waals surface area (Å²) < 4.78 is 11.2. The van der Waals surface area contributed by atoms with Crippen LogP contribution in [0.15, 0.2) is 29.1 Å². The van der Waals surface area contributed by atoms with Gasteiger partial charge in [-0.05, 0) is 50.6 Å². The minimum atomic E-state index is 0.0530. The Morgan fingerprint density at radius 1 is 1.35 bits per heavy atom. The molecule has 0 spiro atoms. The van der Waals surface area contributed by atoms with Crippen molar-refractivity contribution in [2.75, 3.05) is 33.8 Å². The summed E-state index contributed by atoms with van der Waals surface area (Å²) in [5.74, 6) is 1.89. The zero-order valence-electron chi connectivity index (χ0n) is 15.2. The summed E-state index contributed by atoms with van der Waals surface area (Å²) in [6.45, 7) is 3.00. The van der Waals surface area contributed by atoms with E-state index < -0.39 is 0 Å². The predicted molar refractivity (Wildman–Crippen MR) is 102 cm³/mol. The maximum absolute atomic E-state index is 12.8. The molecule has 7 heteroatoms. The molecule has 1 aromatic heterocycles. The van der Waals surface area contributed by atoms with E-state index in [-0.39, 0.29) is 5.91 Å². The van der Waals surface area contributed by atoms with Crippen LogP contribution >= 0.6 is 11.3 Å². The summed E-state index contributed by atoms with van der Waals surface area (Å²) in [7, 11) is 3.56. The molecule has 0 radical (unpaired) electrons. The minimum Gasteiger partial charge on any atom is -0.493 e. The molecule has 1 aliphatic heterocycles. The lowest BCUT2D eigenvalue weighted by atomic mass is 9.96. The summed E-state index contributed by atoms with van der Waals surface area (Å²) in [4.78, 5) is 18.9. The Hall–Kier alpha value is -2.12. The summed E-state index contributed by atoms with van der Waals surface area (Å²) in [6, 6.07) is 5.37. The number of amides is 1. The second kappa shape index (κ2) is 9.00. The zero-order chi connectivity index (χ0) is 18.4. The van der Waals surface area contributed by atoms with Crippen molar-refractivity contribution in [1.82, 2.24) is 15.2 Å². The van der Waals surface area contributed by atoms with Crippen LogP contribution in [-0.2, 0) is 6.61 Å². The van der Waals surface area contributed by atoms with Gasteiger partial charge < -0.3 is 19.7 Å². The molecule has 26 heavy (non-hydrogen) atoms. The number of nitrogens with one attached hydrogen (secondary N) is 1. The van der Waals surface area contributed by atoms with Crippen LogP contribution in [0.5, 0.6) is 11.5 Å². The Labute approximate surface area is 158 Å². The van der Waals surface area contributed by atoms with Crippen LogP contribution in [0.25, 0.3) is 0 Å². The third-order valence-corrected chi connectivity index (χ3v) is 5.30. The van der Waals surface area contributed by atoms with E-state index in [2.05, 4.69) is 10.3 Å². The van der Waals surface area contributed by atoms with Crippen molar-refractivity contribution in [3.8, 4) is 11.5 Å². The highest BCUT2D eigenvalue weighted by Gasteiger charge is 2.24. The monoisotopic (exact) mass is 375 g/mol. The first-order valence-electron chi connectivity index (χ1n) is 8.83. The number of nitrogens with zero attached hydrogens (tertiary/aromatic N) is 2. The van der Waals surface area contributed by atoms with Gasteiger partial charge in [-0.3, -0.25) is 4.79 Å². The fourth-order valence-electron chi connectivity index (χ4n) is 3.19. The molecule has 0 bridgehead atoms. The van der Waals surface area contributed by atoms with E-state index >= 15 is 0 Å². The maximum atomic E-state index is 12.8. The number of piperidine rings is 1. The molecular weight excluding hydrogens is 350 g/mol. The number of benzene rings is 1. The number of hydrogen-bond acceptors (Lipinski definition) is 6. The van der Waals surface area contributed by atoms with E-state index in [9.17, 15) is 4.79 Å². The second-order valence-corrected chi connectivity index (χ2v) is 7.15. The van der Waals surface area contributed by atoms with Gasteiger partial charge >= 0.3 is 0 Å². The van der Waals surface area contributed by atoms with Gasteiger partial charge in [-0.15, -0.1) is 11.3 Å². The average Bonchev–Trinajstić information content (AvgIpc) is 3.20. The van der Waals surface area contributed by atoms with Crippen molar-refractivity contribution in [3.63, 3.8) is 0 Å². The Kier molecular flexibility index (Phi) is 6.46. The Morgan fingerprint density at radius 2 is 2.15 bits per heavy atom. The summed E-state index contributed by atoms with van der Waals surface area (Å²) in [5.41, 5.74) is 3.29. The Morgan fingerprint density at radius 3 is 2.81 bits per heavy atom. The van der Waals surface area contributed by atoms with Crippen molar-refractivity contribution in [3.05, 3.63) is 40.3 Å². The highest BCUT2D eigenvalue weighted by Crippen LogP contribution is 2.30. The number of carbonyl (C=O) groups is 1. The van der Waals surface area contributed by atoms with E-state index in [4.69, 9.17) is 9.47 Å². The van der Waals surface area contributed by atoms with E-state index in [0.29, 0.717) is 29.6 Å². The summed E-state index contributed by atoms with van der Waals surface area (Å²) in [6.07, 6.45) is 2.08. The van der Waals surface area contributed by atoms with Gasteiger partial charge in [0.05, 0.1) is 18.3 Å². The van der Waals surface area contributed by atoms with Crippen molar-refractivity contribution in [1.29, 1.82) is 0 Å². The SMILES string of the molecule is CNCC1CCN(C(=O)c2ccc(OCc3cscn3)c(OC)c2)CC1. The largest absolute Gasteiger partial charge is 0.493 e. The van der Waals surface area contributed by atoms with Gasteiger partial charge in [0.15, 0.2) is 11.5 Å². The molecule has 0 atom stereocenters. The van der Waals surface area contributed by atoms with Crippen molar-refractivity contribution >= 4 is 17.2 Å². The number of aromatic nitrogens is 1. The highest BCUT2D eigenvalue weighted by molar-refractivity contribution is 7.07. The Bertz CT molecular complexity index is 713. The molecule has 3 rings (SSSR count). The van der Waals surface area contributed by atoms with Gasteiger partial charge in [0, 0.05) is 24.0 Å². The number of likely N-dealkylation sites (tertiary alicyclic amines) is 1. The third-order valence-electron chi connectivity index (χ3n) is 4.66. The molecule has 0 unspecified atom stereocenters. The molecule has 2 heterocycles. The maximum Gasteiger partial charge on any atom is 0.253 e. The number of methoxy groups -OCH3 is 1. The van der Waals surface area contributed by atoms with Crippen LogP contribution in [0.3, 0.4) is 0 Å². The number of hydrogen-bond donors (Lipinski definition) is 1. The van der Waals surface area contributed by atoms with Crippen LogP contribution in [0.1, 0.15) is 28.9 Å². The molecule has 1 aliphatic rings. The lowest BCUT2D eigenvalue weighted by molar-refractivity contribution is 0.0690. The van der Waals surface area contributed by atoms with E-state index in [1.807, 2.05) is 17.3 Å². The molecule has 1 amide bonds. The lowest BCUT2D eigenvalue weighted by Crippen LogP contribution is -2.40. The molecule has 1 saturated heterocycles. The van der Waals surface area contributed by atoms with Crippen LogP contribution in [-0.4, -0.2) is 49.6 Å². The van der Waals surface area contributed by atoms with E-state index in [1.165, 1.54) is 11.3 Å². The van der Waals surface area contributed by atoms with Gasteiger partial charge in [-0.2, -0.15) is 0 Å². The first-order valence-corrected chi connectivity index (χ1v) is 9.77. The minimum absolute atomic E-state index is 0.0530. The fraction of sp³-hybridized carbons (Fsp3) is 0.474. The van der Waals surface area contributed by atoms with Crippen LogP contribution in [0.4, 0.5) is 0 Å². The molecule has 1 N–H and O–H groups in total. The number of ether oxygens (including phenoxy) is 2. The topological polar surface area (TPSA) is 63.7 Å². The lowest BCUT2D eigenvalue weighted by Gasteiger charge is -2.32. The quantitative estimate of drug-likeness (QED) is 0.806. The number of carbonyl (C=O) groups excluding carboxylic acids is 1. The Balaban J connectivity index is 1.63. The fourth-order valence-corrected chi connectivity index (χ4v) is 3.73. The highest BCUT2D eigenvalue weighted by atomic mass is 32.1. The zero-order valence-corrected chi connectivity index (χ0v) is 16.1. The number of rotatable bonds is 7. The first-order chi connectivity index (χ1) is 12.7. The molecule has 2 aromatic rings. The molecule has 0 saturated carbocycles. The van der Waals surface area contributed by atoms with Gasteiger partial charge in [0.25, 0.3) is 5.91 Å². The van der Waals surface area contributed by atoms with Gasteiger partial charge in [0.1, 0.15) is 6.61 Å². The van der Waals surface area contributed by atoms with E-state index in [0.717, 1.165) is 38.2 Å². The number of thiazole rings is 1.